The number of pyridine rings is 1. The molecule has 1 aromatic heterocycles. The maximum atomic E-state index is 13.2. The van der Waals surface area contributed by atoms with Crippen molar-refractivity contribution in [2.75, 3.05) is 11.9 Å². The lowest BCUT2D eigenvalue weighted by molar-refractivity contribution is -0.121. The summed E-state index contributed by atoms with van der Waals surface area (Å²) in [4.78, 5) is 53.9. The minimum atomic E-state index is -1.32. The molecule has 0 radical (unpaired) electrons. The number of amides is 1. The van der Waals surface area contributed by atoms with E-state index in [2.05, 4.69) is 10.3 Å². The van der Waals surface area contributed by atoms with E-state index in [0.29, 0.717) is 17.7 Å². The standard InChI is InChI=1S/C32H26N2O9/c35-20-34-24-16-17-26(33-18-24)41-32-28(43-31(38)23-14-8-3-9-15-23)27(42-30(37)22-12-6-2-7-13-22)25(40-32)19-39-29(36)21-10-4-1-5-11-21/h1-18,20,25,27-28,32H,19H2,(H,34,35)/t25-,27-,28-,32-/m1/s1. The van der Waals surface area contributed by atoms with Crippen LogP contribution in [0.3, 0.4) is 0 Å². The molecule has 2 heterocycles. The highest BCUT2D eigenvalue weighted by molar-refractivity contribution is 5.91. The molecule has 1 saturated heterocycles. The zero-order valence-electron chi connectivity index (χ0n) is 22.6. The molecule has 0 bridgehead atoms. The predicted molar refractivity (Wildman–Crippen MR) is 151 cm³/mol. The van der Waals surface area contributed by atoms with E-state index in [1.165, 1.54) is 12.3 Å². The van der Waals surface area contributed by atoms with Crippen LogP contribution < -0.4 is 10.1 Å². The summed E-state index contributed by atoms with van der Waals surface area (Å²) in [6, 6.07) is 27.8. The largest absolute Gasteiger partial charge is 0.459 e. The normalized spacial score (nSPS) is 19.1. The van der Waals surface area contributed by atoms with Crippen LogP contribution in [0.4, 0.5) is 5.69 Å². The molecule has 218 valence electrons. The van der Waals surface area contributed by atoms with Crippen molar-refractivity contribution in [3.05, 3.63) is 126 Å². The van der Waals surface area contributed by atoms with Gasteiger partial charge in [0, 0.05) is 6.07 Å². The quantitative estimate of drug-likeness (QED) is 0.156. The minimum Gasteiger partial charge on any atom is -0.459 e. The molecule has 1 fully saturated rings. The fourth-order valence-corrected chi connectivity index (χ4v) is 4.26. The third-order valence-electron chi connectivity index (χ3n) is 6.36. The van der Waals surface area contributed by atoms with Crippen LogP contribution in [0.1, 0.15) is 31.1 Å². The van der Waals surface area contributed by atoms with Gasteiger partial charge in [-0.05, 0) is 42.5 Å². The van der Waals surface area contributed by atoms with Gasteiger partial charge in [-0.25, -0.2) is 19.4 Å². The molecular formula is C32H26N2O9. The average molecular weight is 583 g/mol. The third-order valence-corrected chi connectivity index (χ3v) is 6.36. The summed E-state index contributed by atoms with van der Waals surface area (Å²) in [7, 11) is 0. The van der Waals surface area contributed by atoms with Gasteiger partial charge in [0.05, 0.1) is 28.6 Å². The molecule has 5 rings (SSSR count). The van der Waals surface area contributed by atoms with Crippen molar-refractivity contribution in [2.24, 2.45) is 0 Å². The maximum absolute atomic E-state index is 13.2. The van der Waals surface area contributed by atoms with Crippen LogP contribution in [-0.2, 0) is 23.7 Å². The second kappa shape index (κ2) is 13.9. The van der Waals surface area contributed by atoms with E-state index in [4.69, 9.17) is 23.7 Å². The molecule has 11 nitrogen and oxygen atoms in total. The van der Waals surface area contributed by atoms with Crippen LogP contribution in [0, 0.1) is 0 Å². The topological polar surface area (TPSA) is 139 Å². The van der Waals surface area contributed by atoms with Gasteiger partial charge in [-0.2, -0.15) is 0 Å². The van der Waals surface area contributed by atoms with Crippen molar-refractivity contribution in [3.63, 3.8) is 0 Å². The van der Waals surface area contributed by atoms with Gasteiger partial charge >= 0.3 is 17.9 Å². The lowest BCUT2D eigenvalue weighted by Crippen LogP contribution is -2.43. The maximum Gasteiger partial charge on any atom is 0.338 e. The molecule has 1 aliphatic heterocycles. The Morgan fingerprint density at radius 2 is 1.26 bits per heavy atom. The smallest absolute Gasteiger partial charge is 0.338 e. The third kappa shape index (κ3) is 7.40. The predicted octanol–water partition coefficient (Wildman–Crippen LogP) is 4.06. The molecule has 4 atom stereocenters. The first-order chi connectivity index (χ1) is 21.0. The number of anilines is 1. The Balaban J connectivity index is 1.43. The lowest BCUT2D eigenvalue weighted by Gasteiger charge is -2.24. The molecule has 0 saturated carbocycles. The summed E-state index contributed by atoms with van der Waals surface area (Å²) in [6.07, 6.45) is -3.09. The number of benzene rings is 3. The second-order valence-electron chi connectivity index (χ2n) is 9.24. The Bertz CT molecular complexity index is 1530. The van der Waals surface area contributed by atoms with Crippen LogP contribution in [0.5, 0.6) is 5.88 Å². The SMILES string of the molecule is O=CNc1ccc(O[C@H]2O[C@H](COC(=O)c3ccccc3)[C@@H](OC(=O)c3ccccc3)[C@H]2OC(=O)c2ccccc2)nc1. The Labute approximate surface area is 246 Å². The highest BCUT2D eigenvalue weighted by atomic mass is 16.7. The summed E-state index contributed by atoms with van der Waals surface area (Å²) in [5.74, 6) is -1.99. The zero-order valence-corrected chi connectivity index (χ0v) is 22.6. The van der Waals surface area contributed by atoms with Gasteiger partial charge < -0.3 is 29.0 Å². The first-order valence-corrected chi connectivity index (χ1v) is 13.2. The number of aromatic nitrogens is 1. The molecule has 0 spiro atoms. The lowest BCUT2D eigenvalue weighted by atomic mass is 10.1. The number of hydrogen-bond acceptors (Lipinski definition) is 10. The summed E-state index contributed by atoms with van der Waals surface area (Å²) in [5.41, 5.74) is 1.23. The highest BCUT2D eigenvalue weighted by Crippen LogP contribution is 2.31. The van der Waals surface area contributed by atoms with E-state index >= 15 is 0 Å². The van der Waals surface area contributed by atoms with Gasteiger partial charge in [0.2, 0.25) is 24.7 Å². The van der Waals surface area contributed by atoms with E-state index in [1.54, 1.807) is 97.1 Å². The molecule has 43 heavy (non-hydrogen) atoms. The van der Waals surface area contributed by atoms with E-state index in [9.17, 15) is 19.2 Å². The summed E-state index contributed by atoms with van der Waals surface area (Å²) in [6.45, 7) is -0.352. The molecule has 0 aliphatic carbocycles. The van der Waals surface area contributed by atoms with Crippen molar-refractivity contribution >= 4 is 30.0 Å². The molecule has 1 amide bonds. The Hall–Kier alpha value is -5.55. The van der Waals surface area contributed by atoms with Crippen LogP contribution in [0.25, 0.3) is 0 Å². The van der Waals surface area contributed by atoms with Gasteiger partial charge in [0.25, 0.3) is 0 Å². The minimum absolute atomic E-state index is 0.0669. The molecule has 11 heteroatoms. The monoisotopic (exact) mass is 582 g/mol. The van der Waals surface area contributed by atoms with Crippen LogP contribution >= 0.6 is 0 Å². The number of ether oxygens (including phenoxy) is 5. The van der Waals surface area contributed by atoms with Crippen LogP contribution in [-0.4, -0.2) is 60.5 Å². The van der Waals surface area contributed by atoms with Crippen LogP contribution in [0.2, 0.25) is 0 Å². The van der Waals surface area contributed by atoms with Gasteiger partial charge in [0.15, 0.2) is 6.10 Å². The number of carbonyl (C=O) groups excluding carboxylic acids is 4. The van der Waals surface area contributed by atoms with Crippen molar-refractivity contribution in [1.82, 2.24) is 4.98 Å². The summed E-state index contributed by atoms with van der Waals surface area (Å²) < 4.78 is 29.2. The molecule has 1 aliphatic rings. The highest BCUT2D eigenvalue weighted by Gasteiger charge is 2.52. The Kier molecular flexibility index (Phi) is 9.35. The van der Waals surface area contributed by atoms with Gasteiger partial charge in [0.1, 0.15) is 12.7 Å². The Morgan fingerprint density at radius 1 is 0.721 bits per heavy atom. The average Bonchev–Trinajstić information content (AvgIpc) is 3.36. The Morgan fingerprint density at radius 3 is 1.77 bits per heavy atom. The van der Waals surface area contributed by atoms with E-state index in [0.717, 1.165) is 0 Å². The van der Waals surface area contributed by atoms with Crippen molar-refractivity contribution in [1.29, 1.82) is 0 Å². The number of nitrogens with one attached hydrogen (secondary N) is 1. The first kappa shape index (κ1) is 29.0. The van der Waals surface area contributed by atoms with Crippen molar-refractivity contribution in [3.8, 4) is 5.88 Å². The van der Waals surface area contributed by atoms with Gasteiger partial charge in [-0.3, -0.25) is 4.79 Å². The second-order valence-corrected chi connectivity index (χ2v) is 9.24. The molecule has 1 N–H and O–H groups in total. The summed E-state index contributed by atoms with van der Waals surface area (Å²) in [5, 5.41) is 2.47. The first-order valence-electron chi connectivity index (χ1n) is 13.2. The molecular weight excluding hydrogens is 556 g/mol. The van der Waals surface area contributed by atoms with Gasteiger partial charge in [-0.15, -0.1) is 0 Å². The molecule has 0 unspecified atom stereocenters. The number of esters is 3. The molecule has 3 aromatic carbocycles. The number of rotatable bonds is 11. The molecule has 4 aromatic rings. The van der Waals surface area contributed by atoms with E-state index in [-0.39, 0.29) is 23.6 Å². The number of hydrogen-bond donors (Lipinski definition) is 1. The number of nitrogens with zero attached hydrogens (tertiary/aromatic N) is 1. The van der Waals surface area contributed by atoms with Crippen molar-refractivity contribution in [2.45, 2.75) is 24.6 Å². The van der Waals surface area contributed by atoms with E-state index in [1.807, 2.05) is 0 Å². The fourth-order valence-electron chi connectivity index (χ4n) is 4.26. The zero-order chi connectivity index (χ0) is 30.0. The fraction of sp³-hybridized carbons (Fsp3) is 0.156. The number of carbonyl (C=O) groups is 4. The van der Waals surface area contributed by atoms with E-state index < -0.39 is 42.5 Å². The summed E-state index contributed by atoms with van der Waals surface area (Å²) >= 11 is 0. The van der Waals surface area contributed by atoms with Gasteiger partial charge in [-0.1, -0.05) is 54.6 Å². The van der Waals surface area contributed by atoms with Crippen molar-refractivity contribution < 1.29 is 42.9 Å². The van der Waals surface area contributed by atoms with Crippen LogP contribution in [0.15, 0.2) is 109 Å².